The number of methoxy groups -OCH3 is 2. The number of nitrogens with zero attached hydrogens (tertiary/aromatic N) is 1. The molecule has 9 atom stereocenters. The predicted molar refractivity (Wildman–Crippen MR) is 209 cm³/mol. The SMILES string of the molecule is COc1ccc(CN(C[C@@H](O)COCc2ccccc2)C[C@]2(O)CC[C@H]3[C@]45C=C[C@@]6(C=C4C(=O)c4ccco4)CC(O)CC[C@]6(C)[C@H]5CC[C@@]32C)c(OC)c1. The third-order valence-corrected chi connectivity index (χ3v) is 15.0. The molecule has 3 aromatic rings. The number of furan rings is 1. The van der Waals surface area contributed by atoms with E-state index in [1.807, 2.05) is 48.5 Å². The van der Waals surface area contributed by atoms with Crippen LogP contribution in [0.1, 0.15) is 80.5 Å². The Morgan fingerprint density at radius 1 is 0.945 bits per heavy atom. The summed E-state index contributed by atoms with van der Waals surface area (Å²) in [6.07, 6.45) is 12.4. The first kappa shape index (κ1) is 38.2. The van der Waals surface area contributed by atoms with E-state index >= 15 is 0 Å². The van der Waals surface area contributed by atoms with Gasteiger partial charge in [-0.05, 0) is 86.0 Å². The third kappa shape index (κ3) is 6.13. The van der Waals surface area contributed by atoms with E-state index in [1.165, 1.54) is 0 Å². The van der Waals surface area contributed by atoms with E-state index < -0.39 is 34.1 Å². The molecule has 9 heteroatoms. The lowest BCUT2D eigenvalue weighted by atomic mass is 9.32. The van der Waals surface area contributed by atoms with Gasteiger partial charge in [0.1, 0.15) is 11.5 Å². The number of Topliss-reactive ketones (excluding diaryl/α,β-unsaturated/α-hetero) is 1. The van der Waals surface area contributed by atoms with E-state index in [-0.39, 0.29) is 36.2 Å². The van der Waals surface area contributed by atoms with Crippen LogP contribution in [-0.2, 0) is 17.9 Å². The highest BCUT2D eigenvalue weighted by Gasteiger charge is 2.74. The van der Waals surface area contributed by atoms with Crippen molar-refractivity contribution in [2.45, 2.75) is 89.8 Å². The van der Waals surface area contributed by atoms with Crippen molar-refractivity contribution >= 4 is 5.78 Å². The zero-order chi connectivity index (χ0) is 38.6. The van der Waals surface area contributed by atoms with E-state index in [2.05, 4.69) is 37.0 Å². The van der Waals surface area contributed by atoms with Crippen molar-refractivity contribution in [2.75, 3.05) is 33.9 Å². The molecule has 294 valence electrons. The molecule has 2 aromatic carbocycles. The normalized spacial score (nSPS) is 35.1. The van der Waals surface area contributed by atoms with E-state index in [1.54, 1.807) is 32.6 Å². The molecule has 2 bridgehead atoms. The minimum atomic E-state index is -1.12. The molecular weight excluding hydrogens is 695 g/mol. The minimum absolute atomic E-state index is 0.0105. The fourth-order valence-electron chi connectivity index (χ4n) is 12.2. The number of aliphatic hydroxyl groups is 3. The van der Waals surface area contributed by atoms with Crippen molar-refractivity contribution in [1.82, 2.24) is 4.90 Å². The molecule has 9 nitrogen and oxygen atoms in total. The number of allylic oxidation sites excluding steroid dienone is 4. The number of hydrogen-bond acceptors (Lipinski definition) is 9. The Hall–Kier alpha value is -3.73. The van der Waals surface area contributed by atoms with Crippen LogP contribution >= 0.6 is 0 Å². The van der Waals surface area contributed by atoms with Crippen molar-refractivity contribution in [3.05, 3.63) is 108 Å². The van der Waals surface area contributed by atoms with E-state index in [9.17, 15) is 20.1 Å². The highest BCUT2D eigenvalue weighted by atomic mass is 16.5. The average Bonchev–Trinajstić information content (AvgIpc) is 3.81. The molecule has 0 amide bonds. The maximum Gasteiger partial charge on any atom is 0.224 e. The number of ketones is 1. The second-order valence-electron chi connectivity index (χ2n) is 17.6. The van der Waals surface area contributed by atoms with E-state index in [0.717, 1.165) is 48.8 Å². The maximum absolute atomic E-state index is 14.6. The standard InChI is InChI=1S/C46H57NO8/c1-42-17-14-33(48)24-44(42)20-21-46(36(25-44)41(50)37-11-8-22-55-37)39(42)15-18-43(2)40(46)16-19-45(43,51)30-47(26-32-12-13-35(52-3)23-38(32)53-4)27-34(49)29-54-28-31-9-6-5-7-10-31/h5-13,20-23,25,33-34,39-40,48-49,51H,14-19,24,26-30H2,1-4H3/t33?,34-,39-,40-,42-,43+,44+,45-,46-/m1/s1. The Bertz CT molecular complexity index is 1930. The van der Waals surface area contributed by atoms with Gasteiger partial charge in [-0.25, -0.2) is 0 Å². The molecule has 2 spiro atoms. The Kier molecular flexibility index (Phi) is 9.94. The van der Waals surface area contributed by atoms with Gasteiger partial charge in [0.2, 0.25) is 5.78 Å². The van der Waals surface area contributed by atoms with Crippen molar-refractivity contribution in [1.29, 1.82) is 0 Å². The lowest BCUT2D eigenvalue weighted by molar-refractivity contribution is -0.177. The molecule has 9 rings (SSSR count). The summed E-state index contributed by atoms with van der Waals surface area (Å²) in [5.41, 5.74) is -0.0630. The van der Waals surface area contributed by atoms with Crippen LogP contribution in [0.25, 0.3) is 0 Å². The van der Waals surface area contributed by atoms with Gasteiger partial charge in [0, 0.05) is 53.1 Å². The number of carbonyl (C=O) groups excluding carboxylic acids is 1. The third-order valence-electron chi connectivity index (χ3n) is 15.0. The second-order valence-corrected chi connectivity index (χ2v) is 17.6. The van der Waals surface area contributed by atoms with Gasteiger partial charge in [-0.15, -0.1) is 0 Å². The largest absolute Gasteiger partial charge is 0.497 e. The summed E-state index contributed by atoms with van der Waals surface area (Å²) >= 11 is 0. The highest BCUT2D eigenvalue weighted by Crippen LogP contribution is 2.78. The van der Waals surface area contributed by atoms with E-state index in [0.29, 0.717) is 49.8 Å². The number of carbonyl (C=O) groups is 1. The Morgan fingerprint density at radius 2 is 1.71 bits per heavy atom. The first-order valence-electron chi connectivity index (χ1n) is 20.1. The second kappa shape index (κ2) is 14.3. The van der Waals surface area contributed by atoms with Crippen molar-refractivity contribution < 1.29 is 38.7 Å². The van der Waals surface area contributed by atoms with Gasteiger partial charge < -0.3 is 33.9 Å². The van der Waals surface area contributed by atoms with Gasteiger partial charge in [-0.1, -0.05) is 68.5 Å². The first-order chi connectivity index (χ1) is 26.4. The molecule has 1 unspecified atom stereocenters. The topological polar surface area (TPSA) is 122 Å². The molecule has 6 aliphatic carbocycles. The van der Waals surface area contributed by atoms with Crippen LogP contribution in [0.15, 0.2) is 95.1 Å². The monoisotopic (exact) mass is 751 g/mol. The fraction of sp³-hybridized carbons (Fsp3) is 0.543. The summed E-state index contributed by atoms with van der Waals surface area (Å²) < 4.78 is 23.0. The van der Waals surface area contributed by atoms with Crippen LogP contribution in [0.3, 0.4) is 0 Å². The van der Waals surface area contributed by atoms with Crippen LogP contribution in [-0.4, -0.2) is 77.7 Å². The van der Waals surface area contributed by atoms with Crippen LogP contribution in [0.2, 0.25) is 0 Å². The molecule has 0 aliphatic heterocycles. The molecule has 1 aromatic heterocycles. The summed E-state index contributed by atoms with van der Waals surface area (Å²) in [5, 5.41) is 35.7. The first-order valence-corrected chi connectivity index (χ1v) is 20.1. The number of benzene rings is 2. The maximum atomic E-state index is 14.6. The number of rotatable bonds is 14. The average molecular weight is 752 g/mol. The van der Waals surface area contributed by atoms with Crippen LogP contribution in [0.5, 0.6) is 11.5 Å². The van der Waals surface area contributed by atoms with Gasteiger partial charge in [0.25, 0.3) is 0 Å². The molecule has 0 radical (unpaired) electrons. The molecule has 1 heterocycles. The Balaban J connectivity index is 1.12. The lowest BCUT2D eigenvalue weighted by Crippen LogP contribution is -2.67. The molecule has 3 N–H and O–H groups in total. The number of fused-ring (bicyclic) bond motifs is 1. The molecule has 0 saturated heterocycles. The zero-order valence-corrected chi connectivity index (χ0v) is 32.7. The minimum Gasteiger partial charge on any atom is -0.497 e. The van der Waals surface area contributed by atoms with Gasteiger partial charge >= 0.3 is 0 Å². The summed E-state index contributed by atoms with van der Waals surface area (Å²) in [7, 11) is 3.27. The zero-order valence-electron chi connectivity index (χ0n) is 32.7. The molecular formula is C46H57NO8. The number of ether oxygens (including phenoxy) is 3. The quantitative estimate of drug-likeness (QED) is 0.117. The Morgan fingerprint density at radius 3 is 2.45 bits per heavy atom. The highest BCUT2D eigenvalue weighted by molar-refractivity contribution is 6.08. The summed E-state index contributed by atoms with van der Waals surface area (Å²) in [5.74, 6) is 1.78. The fourth-order valence-corrected chi connectivity index (χ4v) is 12.2. The van der Waals surface area contributed by atoms with Gasteiger partial charge in [0.15, 0.2) is 5.76 Å². The van der Waals surface area contributed by atoms with Crippen molar-refractivity contribution in [2.24, 2.45) is 33.5 Å². The summed E-state index contributed by atoms with van der Waals surface area (Å²) in [6, 6.07) is 19.2. The molecule has 6 aliphatic rings. The molecule has 3 fully saturated rings. The Labute approximate surface area is 325 Å². The van der Waals surface area contributed by atoms with Crippen LogP contribution < -0.4 is 9.47 Å². The number of hydrogen-bond donors (Lipinski definition) is 3. The number of aliphatic hydroxyl groups excluding tert-OH is 2. The van der Waals surface area contributed by atoms with Crippen LogP contribution in [0.4, 0.5) is 0 Å². The van der Waals surface area contributed by atoms with Gasteiger partial charge in [-0.3, -0.25) is 9.69 Å². The summed E-state index contributed by atoms with van der Waals surface area (Å²) in [4.78, 5) is 16.8. The molecule has 3 saturated carbocycles. The van der Waals surface area contributed by atoms with E-state index in [4.69, 9.17) is 18.6 Å². The van der Waals surface area contributed by atoms with Gasteiger partial charge in [0.05, 0.1) is 51.5 Å². The van der Waals surface area contributed by atoms with Crippen molar-refractivity contribution in [3.63, 3.8) is 0 Å². The predicted octanol–water partition coefficient (Wildman–Crippen LogP) is 7.15. The van der Waals surface area contributed by atoms with Crippen LogP contribution in [0, 0.1) is 33.5 Å². The van der Waals surface area contributed by atoms with Gasteiger partial charge in [-0.2, -0.15) is 0 Å². The lowest BCUT2D eigenvalue weighted by Gasteiger charge is -2.71. The summed E-state index contributed by atoms with van der Waals surface area (Å²) in [6.45, 7) is 6.23. The smallest absolute Gasteiger partial charge is 0.224 e. The molecule has 55 heavy (non-hydrogen) atoms. The van der Waals surface area contributed by atoms with Crippen molar-refractivity contribution in [3.8, 4) is 11.5 Å².